The van der Waals surface area contributed by atoms with E-state index in [1.165, 1.54) is 38.3 Å². The van der Waals surface area contributed by atoms with E-state index in [-0.39, 0.29) is 5.69 Å². The third-order valence-electron chi connectivity index (χ3n) is 3.15. The maximum atomic E-state index is 13.5. The van der Waals surface area contributed by atoms with Crippen molar-refractivity contribution in [2.45, 2.75) is 13.0 Å². The van der Waals surface area contributed by atoms with Crippen molar-refractivity contribution >= 4 is 17.6 Å². The molecule has 0 aromatic heterocycles. The summed E-state index contributed by atoms with van der Waals surface area (Å²) < 4.78 is 36.3. The number of rotatable bonds is 5. The molecular formula is C17H15F2NO4. The zero-order valence-corrected chi connectivity index (χ0v) is 13.0. The predicted octanol–water partition coefficient (Wildman–Crippen LogP) is 3.16. The van der Waals surface area contributed by atoms with E-state index in [1.54, 1.807) is 0 Å². The second-order valence-electron chi connectivity index (χ2n) is 4.89. The zero-order valence-electron chi connectivity index (χ0n) is 13.0. The number of ether oxygens (including phenoxy) is 2. The monoisotopic (exact) mass is 335 g/mol. The zero-order chi connectivity index (χ0) is 17.7. The van der Waals surface area contributed by atoms with Crippen LogP contribution in [-0.4, -0.2) is 25.1 Å². The number of amides is 1. The van der Waals surface area contributed by atoms with Crippen molar-refractivity contribution in [1.29, 1.82) is 0 Å². The third kappa shape index (κ3) is 4.28. The SMILES string of the molecule is COC(=O)c1ccc(OC(C)C(=O)Nc2ccc(F)cc2F)cc1. The Labute approximate surface area is 137 Å². The fourth-order valence-corrected chi connectivity index (χ4v) is 1.87. The number of carbonyl (C=O) groups is 2. The summed E-state index contributed by atoms with van der Waals surface area (Å²) in [4.78, 5) is 23.3. The van der Waals surface area contributed by atoms with Crippen LogP contribution in [0.5, 0.6) is 5.75 Å². The summed E-state index contributed by atoms with van der Waals surface area (Å²) in [5.74, 6) is -2.35. The maximum absolute atomic E-state index is 13.5. The Morgan fingerprint density at radius 2 is 1.75 bits per heavy atom. The molecule has 5 nitrogen and oxygen atoms in total. The normalized spacial score (nSPS) is 11.5. The fraction of sp³-hybridized carbons (Fsp3) is 0.176. The number of halogens is 2. The van der Waals surface area contributed by atoms with Gasteiger partial charge in [0.2, 0.25) is 0 Å². The topological polar surface area (TPSA) is 64.6 Å². The molecule has 1 amide bonds. The molecule has 2 aromatic carbocycles. The van der Waals surface area contributed by atoms with E-state index in [2.05, 4.69) is 10.1 Å². The van der Waals surface area contributed by atoms with Gasteiger partial charge in [-0.15, -0.1) is 0 Å². The van der Waals surface area contributed by atoms with Crippen LogP contribution in [0, 0.1) is 11.6 Å². The predicted molar refractivity (Wildman–Crippen MR) is 82.9 cm³/mol. The summed E-state index contributed by atoms with van der Waals surface area (Å²) in [6, 6.07) is 8.84. The van der Waals surface area contributed by atoms with E-state index in [9.17, 15) is 18.4 Å². The van der Waals surface area contributed by atoms with E-state index < -0.39 is 29.6 Å². The lowest BCUT2D eigenvalue weighted by atomic mass is 10.2. The molecule has 1 unspecified atom stereocenters. The van der Waals surface area contributed by atoms with E-state index >= 15 is 0 Å². The first kappa shape index (κ1) is 17.4. The van der Waals surface area contributed by atoms with Crippen LogP contribution < -0.4 is 10.1 Å². The molecule has 0 saturated heterocycles. The van der Waals surface area contributed by atoms with Gasteiger partial charge in [-0.1, -0.05) is 0 Å². The summed E-state index contributed by atoms with van der Waals surface area (Å²) in [5, 5.41) is 2.32. The lowest BCUT2D eigenvalue weighted by molar-refractivity contribution is -0.122. The van der Waals surface area contributed by atoms with Gasteiger partial charge in [-0.3, -0.25) is 4.79 Å². The average molecular weight is 335 g/mol. The minimum absolute atomic E-state index is 0.141. The van der Waals surface area contributed by atoms with Crippen molar-refractivity contribution in [3.05, 3.63) is 59.7 Å². The summed E-state index contributed by atoms with van der Waals surface area (Å²) in [5.41, 5.74) is 0.202. The molecule has 0 radical (unpaired) electrons. The van der Waals surface area contributed by atoms with Gasteiger partial charge in [-0.05, 0) is 43.3 Å². The maximum Gasteiger partial charge on any atom is 0.337 e. The number of methoxy groups -OCH3 is 1. The highest BCUT2D eigenvalue weighted by atomic mass is 19.1. The quantitative estimate of drug-likeness (QED) is 0.853. The molecule has 7 heteroatoms. The van der Waals surface area contributed by atoms with Gasteiger partial charge in [0.1, 0.15) is 17.4 Å². The van der Waals surface area contributed by atoms with Gasteiger partial charge in [0.05, 0.1) is 18.4 Å². The fourth-order valence-electron chi connectivity index (χ4n) is 1.87. The van der Waals surface area contributed by atoms with Gasteiger partial charge < -0.3 is 14.8 Å². The minimum Gasteiger partial charge on any atom is -0.481 e. The lowest BCUT2D eigenvalue weighted by Crippen LogP contribution is -2.30. The highest BCUT2D eigenvalue weighted by Gasteiger charge is 2.17. The van der Waals surface area contributed by atoms with Gasteiger partial charge in [-0.2, -0.15) is 0 Å². The Morgan fingerprint density at radius 1 is 1.08 bits per heavy atom. The standard InChI is InChI=1S/C17H15F2NO4/c1-10(16(21)20-15-8-5-12(18)9-14(15)19)24-13-6-3-11(4-7-13)17(22)23-2/h3-10H,1-2H3,(H,20,21). The van der Waals surface area contributed by atoms with E-state index in [4.69, 9.17) is 4.74 Å². The molecule has 126 valence electrons. The van der Waals surface area contributed by atoms with E-state index in [1.807, 2.05) is 0 Å². The van der Waals surface area contributed by atoms with Crippen molar-refractivity contribution in [1.82, 2.24) is 0 Å². The first-order valence-electron chi connectivity index (χ1n) is 7.01. The van der Waals surface area contributed by atoms with Gasteiger partial charge in [0.15, 0.2) is 6.10 Å². The molecule has 0 heterocycles. The summed E-state index contributed by atoms with van der Waals surface area (Å²) >= 11 is 0. The van der Waals surface area contributed by atoms with Crippen molar-refractivity contribution in [2.75, 3.05) is 12.4 Å². The molecule has 0 bridgehead atoms. The average Bonchev–Trinajstić information content (AvgIpc) is 2.57. The highest BCUT2D eigenvalue weighted by molar-refractivity contribution is 5.94. The van der Waals surface area contributed by atoms with Crippen LogP contribution in [0.1, 0.15) is 17.3 Å². The number of esters is 1. The lowest BCUT2D eigenvalue weighted by Gasteiger charge is -2.15. The van der Waals surface area contributed by atoms with Crippen LogP contribution in [-0.2, 0) is 9.53 Å². The summed E-state index contributed by atoms with van der Waals surface area (Å²) in [6.07, 6.45) is -0.932. The van der Waals surface area contributed by atoms with Gasteiger partial charge in [0.25, 0.3) is 5.91 Å². The number of hydrogen-bond donors (Lipinski definition) is 1. The van der Waals surface area contributed by atoms with E-state index in [0.717, 1.165) is 12.1 Å². The first-order chi connectivity index (χ1) is 11.4. The number of nitrogens with one attached hydrogen (secondary N) is 1. The molecule has 0 aliphatic heterocycles. The Balaban J connectivity index is 1.99. The summed E-state index contributed by atoms with van der Waals surface area (Å²) in [6.45, 7) is 1.48. The van der Waals surface area contributed by atoms with Gasteiger partial charge in [0, 0.05) is 6.07 Å². The van der Waals surface area contributed by atoms with Crippen molar-refractivity contribution in [3.63, 3.8) is 0 Å². The second kappa shape index (κ2) is 7.54. The third-order valence-corrected chi connectivity index (χ3v) is 3.15. The molecule has 1 N–H and O–H groups in total. The Hall–Kier alpha value is -2.96. The number of carbonyl (C=O) groups excluding carboxylic acids is 2. The van der Waals surface area contributed by atoms with Crippen LogP contribution in [0.2, 0.25) is 0 Å². The van der Waals surface area contributed by atoms with Crippen LogP contribution in [0.15, 0.2) is 42.5 Å². The number of hydrogen-bond acceptors (Lipinski definition) is 4. The molecule has 2 aromatic rings. The molecule has 24 heavy (non-hydrogen) atoms. The van der Waals surface area contributed by atoms with Gasteiger partial charge in [-0.25, -0.2) is 13.6 Å². The van der Waals surface area contributed by atoms with Crippen LogP contribution in [0.3, 0.4) is 0 Å². The number of anilines is 1. The minimum atomic E-state index is -0.932. The Bertz CT molecular complexity index is 747. The van der Waals surface area contributed by atoms with Crippen LogP contribution in [0.25, 0.3) is 0 Å². The second-order valence-corrected chi connectivity index (χ2v) is 4.89. The molecule has 0 aliphatic carbocycles. The van der Waals surface area contributed by atoms with Crippen LogP contribution >= 0.6 is 0 Å². The largest absolute Gasteiger partial charge is 0.481 e. The molecule has 0 spiro atoms. The van der Waals surface area contributed by atoms with Gasteiger partial charge >= 0.3 is 5.97 Å². The van der Waals surface area contributed by atoms with Crippen molar-refractivity contribution in [3.8, 4) is 5.75 Å². The Kier molecular flexibility index (Phi) is 5.47. The molecule has 0 aliphatic rings. The highest BCUT2D eigenvalue weighted by Crippen LogP contribution is 2.17. The molecule has 2 rings (SSSR count). The van der Waals surface area contributed by atoms with E-state index in [0.29, 0.717) is 17.4 Å². The van der Waals surface area contributed by atoms with Crippen molar-refractivity contribution in [2.24, 2.45) is 0 Å². The first-order valence-corrected chi connectivity index (χ1v) is 7.01. The smallest absolute Gasteiger partial charge is 0.337 e. The molecule has 1 atom stereocenters. The molecule has 0 fully saturated rings. The molecular weight excluding hydrogens is 320 g/mol. The summed E-state index contributed by atoms with van der Waals surface area (Å²) in [7, 11) is 1.27. The number of benzene rings is 2. The molecule has 0 saturated carbocycles. The van der Waals surface area contributed by atoms with Crippen molar-refractivity contribution < 1.29 is 27.8 Å². The Morgan fingerprint density at radius 3 is 2.33 bits per heavy atom. The van der Waals surface area contributed by atoms with Crippen LogP contribution in [0.4, 0.5) is 14.5 Å².